The molecule has 0 bridgehead atoms. The molecule has 1 N–H and O–H groups in total. The summed E-state index contributed by atoms with van der Waals surface area (Å²) in [5.41, 5.74) is 0. The highest BCUT2D eigenvalue weighted by atomic mass is 32.1. The molecule has 1 heterocycles. The fraction of sp³-hybridized carbons (Fsp3) is 0.286. The monoisotopic (exact) mass is 296 g/mol. The average Bonchev–Trinajstić information content (AvgIpc) is 2.80. The van der Waals surface area contributed by atoms with E-state index in [1.807, 2.05) is 0 Å². The smallest absolute Gasteiger partial charge is 0.306 e. The third-order valence-electron chi connectivity index (χ3n) is 2.98. The number of hydrogen-bond donors (Lipinski definition) is 1. The quantitative estimate of drug-likeness (QED) is 0.859. The molecule has 1 unspecified atom stereocenters. The number of carboxylic acid groups (broad SMARTS) is 1. The molecular formula is C14H13FO4S. The van der Waals surface area contributed by atoms with E-state index in [2.05, 4.69) is 0 Å². The zero-order valence-electron chi connectivity index (χ0n) is 11.0. The maximum atomic E-state index is 13.6. The molecule has 1 aromatic heterocycles. The Labute approximate surface area is 118 Å². The van der Waals surface area contributed by atoms with Crippen LogP contribution >= 0.6 is 11.3 Å². The molecular weight excluding hydrogens is 283 g/mol. The minimum atomic E-state index is -1.01. The largest absolute Gasteiger partial charge is 0.494 e. The lowest BCUT2D eigenvalue weighted by molar-refractivity contribution is -0.141. The average molecular weight is 296 g/mol. The Balaban J connectivity index is 2.32. The van der Waals surface area contributed by atoms with E-state index in [9.17, 15) is 14.0 Å². The maximum absolute atomic E-state index is 13.6. The van der Waals surface area contributed by atoms with Gasteiger partial charge in [0.25, 0.3) is 0 Å². The van der Waals surface area contributed by atoms with Gasteiger partial charge in [0.1, 0.15) is 0 Å². The van der Waals surface area contributed by atoms with E-state index in [1.165, 1.54) is 37.5 Å². The van der Waals surface area contributed by atoms with Crippen LogP contribution in [-0.2, 0) is 4.79 Å². The fourth-order valence-corrected chi connectivity index (χ4v) is 2.82. The van der Waals surface area contributed by atoms with Gasteiger partial charge >= 0.3 is 5.97 Å². The normalized spacial score (nSPS) is 12.3. The molecule has 1 atom stereocenters. The van der Waals surface area contributed by atoms with Crippen molar-refractivity contribution in [1.82, 2.24) is 0 Å². The lowest BCUT2D eigenvalue weighted by Gasteiger charge is -2.02. The number of rotatable bonds is 5. The first kappa shape index (κ1) is 14.5. The highest BCUT2D eigenvalue weighted by Gasteiger charge is 2.19. The molecule has 20 heavy (non-hydrogen) atoms. The summed E-state index contributed by atoms with van der Waals surface area (Å²) in [6.07, 6.45) is -0.0677. The number of thiophene rings is 1. The first-order valence-corrected chi connectivity index (χ1v) is 6.77. The van der Waals surface area contributed by atoms with E-state index in [-0.39, 0.29) is 18.0 Å². The van der Waals surface area contributed by atoms with Gasteiger partial charge in [-0.1, -0.05) is 6.92 Å². The van der Waals surface area contributed by atoms with Gasteiger partial charge in [0, 0.05) is 17.2 Å². The third kappa shape index (κ3) is 2.80. The summed E-state index contributed by atoms with van der Waals surface area (Å²) in [6.45, 7) is 1.48. The Morgan fingerprint density at radius 1 is 1.40 bits per heavy atom. The first-order valence-electron chi connectivity index (χ1n) is 5.95. The minimum Gasteiger partial charge on any atom is -0.494 e. The molecule has 0 saturated carbocycles. The van der Waals surface area contributed by atoms with Crippen LogP contribution < -0.4 is 4.74 Å². The van der Waals surface area contributed by atoms with E-state index in [0.29, 0.717) is 10.3 Å². The molecule has 1 aromatic carbocycles. The first-order chi connectivity index (χ1) is 9.42. The molecule has 6 heteroatoms. The van der Waals surface area contributed by atoms with Gasteiger partial charge in [0.15, 0.2) is 17.3 Å². The number of carbonyl (C=O) groups excluding carboxylic acids is 1. The number of fused-ring (bicyclic) bond motifs is 1. The van der Waals surface area contributed by atoms with Gasteiger partial charge < -0.3 is 9.84 Å². The predicted octanol–water partition coefficient (Wildman–Crippen LogP) is 3.34. The van der Waals surface area contributed by atoms with Crippen LogP contribution in [0.4, 0.5) is 4.39 Å². The summed E-state index contributed by atoms with van der Waals surface area (Å²) in [7, 11) is 1.37. The van der Waals surface area contributed by atoms with Crippen molar-refractivity contribution in [2.75, 3.05) is 7.11 Å². The number of ether oxygens (including phenoxy) is 1. The van der Waals surface area contributed by atoms with Crippen molar-refractivity contribution in [1.29, 1.82) is 0 Å². The minimum absolute atomic E-state index is 0.0677. The molecule has 0 aliphatic rings. The molecule has 2 rings (SSSR count). The van der Waals surface area contributed by atoms with Gasteiger partial charge in [0.05, 0.1) is 17.9 Å². The van der Waals surface area contributed by atoms with Crippen LogP contribution in [0.25, 0.3) is 10.1 Å². The van der Waals surface area contributed by atoms with Gasteiger partial charge in [-0.3, -0.25) is 9.59 Å². The van der Waals surface area contributed by atoms with Gasteiger partial charge in [-0.2, -0.15) is 0 Å². The van der Waals surface area contributed by atoms with E-state index in [0.717, 1.165) is 4.70 Å². The number of carboxylic acids is 1. The molecule has 0 fully saturated rings. The molecule has 106 valence electrons. The number of aliphatic carboxylic acids is 1. The summed E-state index contributed by atoms with van der Waals surface area (Å²) in [6, 6.07) is 4.42. The van der Waals surface area contributed by atoms with Crippen LogP contribution in [0.5, 0.6) is 5.75 Å². The van der Waals surface area contributed by atoms with Crippen LogP contribution in [0.1, 0.15) is 23.0 Å². The summed E-state index contributed by atoms with van der Waals surface area (Å²) in [5, 5.41) is 9.42. The predicted molar refractivity (Wildman–Crippen MR) is 74.1 cm³/mol. The second-order valence-electron chi connectivity index (χ2n) is 4.50. The maximum Gasteiger partial charge on any atom is 0.306 e. The number of methoxy groups -OCH3 is 1. The van der Waals surface area contributed by atoms with Crippen molar-refractivity contribution in [3.63, 3.8) is 0 Å². The number of benzene rings is 1. The highest BCUT2D eigenvalue weighted by Crippen LogP contribution is 2.32. The van der Waals surface area contributed by atoms with Crippen molar-refractivity contribution in [2.24, 2.45) is 5.92 Å². The van der Waals surface area contributed by atoms with Crippen LogP contribution in [-0.4, -0.2) is 24.0 Å². The third-order valence-corrected chi connectivity index (χ3v) is 4.12. The van der Waals surface area contributed by atoms with E-state index in [1.54, 1.807) is 6.07 Å². The van der Waals surface area contributed by atoms with E-state index in [4.69, 9.17) is 9.84 Å². The molecule has 0 aliphatic carbocycles. The van der Waals surface area contributed by atoms with Crippen LogP contribution in [0.15, 0.2) is 18.2 Å². The highest BCUT2D eigenvalue weighted by molar-refractivity contribution is 7.20. The molecule has 0 spiro atoms. The van der Waals surface area contributed by atoms with Crippen LogP contribution in [0.2, 0.25) is 0 Å². The van der Waals surface area contributed by atoms with Crippen molar-refractivity contribution in [3.05, 3.63) is 28.9 Å². The molecule has 0 amide bonds. The van der Waals surface area contributed by atoms with Crippen molar-refractivity contribution >= 4 is 33.2 Å². The number of carbonyl (C=O) groups is 2. The number of Topliss-reactive ketones (excluding diaryl/α,β-unsaturated/α-hetero) is 1. The molecule has 0 radical (unpaired) electrons. The summed E-state index contributed by atoms with van der Waals surface area (Å²) < 4.78 is 19.2. The zero-order chi connectivity index (χ0) is 14.9. The summed E-state index contributed by atoms with van der Waals surface area (Å²) >= 11 is 1.21. The SMILES string of the molecule is COc1cc2sc(C(=O)CC(C)C(=O)O)cc2cc1F. The Bertz CT molecular complexity index is 677. The number of ketones is 1. The van der Waals surface area contributed by atoms with E-state index >= 15 is 0 Å². The van der Waals surface area contributed by atoms with Crippen molar-refractivity contribution in [3.8, 4) is 5.75 Å². The number of hydrogen-bond acceptors (Lipinski definition) is 4. The molecule has 4 nitrogen and oxygen atoms in total. The standard InChI is InChI=1S/C14H13FO4S/c1-7(14(17)18)3-10(16)13-5-8-4-9(15)11(19-2)6-12(8)20-13/h4-7H,3H2,1-2H3,(H,17,18). The summed E-state index contributed by atoms with van der Waals surface area (Å²) in [5.74, 6) is -2.36. The Hall–Kier alpha value is -1.95. The van der Waals surface area contributed by atoms with Crippen LogP contribution in [0.3, 0.4) is 0 Å². The Kier molecular flexibility index (Phi) is 4.04. The van der Waals surface area contributed by atoms with Gasteiger partial charge in [-0.05, 0) is 17.5 Å². The molecule has 2 aromatic rings. The topological polar surface area (TPSA) is 63.6 Å². The Morgan fingerprint density at radius 2 is 2.10 bits per heavy atom. The lowest BCUT2D eigenvalue weighted by atomic mass is 10.0. The van der Waals surface area contributed by atoms with Gasteiger partial charge in [-0.25, -0.2) is 4.39 Å². The van der Waals surface area contributed by atoms with Gasteiger partial charge in [0.2, 0.25) is 0 Å². The van der Waals surface area contributed by atoms with Crippen molar-refractivity contribution < 1.29 is 23.8 Å². The number of halogens is 1. The fourth-order valence-electron chi connectivity index (χ4n) is 1.80. The van der Waals surface area contributed by atoms with Crippen molar-refractivity contribution in [2.45, 2.75) is 13.3 Å². The molecule has 0 aliphatic heterocycles. The molecule has 0 saturated heterocycles. The lowest BCUT2D eigenvalue weighted by Crippen LogP contribution is -2.13. The second-order valence-corrected chi connectivity index (χ2v) is 5.59. The van der Waals surface area contributed by atoms with E-state index < -0.39 is 17.7 Å². The zero-order valence-corrected chi connectivity index (χ0v) is 11.8. The second kappa shape index (κ2) is 5.58. The van der Waals surface area contributed by atoms with Crippen LogP contribution in [0, 0.1) is 11.7 Å². The summed E-state index contributed by atoms with van der Waals surface area (Å²) in [4.78, 5) is 23.2. The van der Waals surface area contributed by atoms with Gasteiger partial charge in [-0.15, -0.1) is 11.3 Å². The Morgan fingerprint density at radius 3 is 2.70 bits per heavy atom.